The number of thiol groups is 1. The lowest BCUT2D eigenvalue weighted by molar-refractivity contribution is 0.0751. The van der Waals surface area contributed by atoms with Gasteiger partial charge in [-0.3, -0.25) is 9.69 Å². The Labute approximate surface area is 188 Å². The molecular weight excluding hydrogens is 444 g/mol. The number of halogens is 1. The molecule has 2 aromatic rings. The summed E-state index contributed by atoms with van der Waals surface area (Å²) in [6.07, 6.45) is 2.65. The molecule has 0 radical (unpaired) electrons. The molecule has 0 bridgehead atoms. The summed E-state index contributed by atoms with van der Waals surface area (Å²) in [7, 11) is -2.41. The number of aromatic nitrogens is 2. The van der Waals surface area contributed by atoms with Gasteiger partial charge in [-0.2, -0.15) is 9.78 Å². The minimum atomic E-state index is -2.41. The highest BCUT2D eigenvalue weighted by molar-refractivity contribution is 7.72. The van der Waals surface area contributed by atoms with Crippen molar-refractivity contribution in [2.45, 2.75) is 52.5 Å². The fourth-order valence-corrected chi connectivity index (χ4v) is 5.21. The molecule has 3 heterocycles. The van der Waals surface area contributed by atoms with E-state index in [1.165, 1.54) is 16.0 Å². The van der Waals surface area contributed by atoms with E-state index in [2.05, 4.69) is 10.4 Å². The summed E-state index contributed by atoms with van der Waals surface area (Å²) >= 11 is 7.53. The standard InChI is InChI=1S/C20H29ClN4O3S2/c1-20(2,3)19(26)25-18(22-12-15-6-7-17(21)29-15)11-16(23-25)14-5-4-9-24(10-8-14)13-30(27)28/h6-7,11,14,22,30H,4-5,8-10,12-13H2,1-3H3. The van der Waals surface area contributed by atoms with Crippen LogP contribution in [0.4, 0.5) is 5.82 Å². The third-order valence-electron chi connectivity index (χ3n) is 5.19. The first-order chi connectivity index (χ1) is 14.1. The quantitative estimate of drug-likeness (QED) is 0.617. The molecule has 1 fully saturated rings. The lowest BCUT2D eigenvalue weighted by Gasteiger charge is -2.18. The van der Waals surface area contributed by atoms with Crippen LogP contribution >= 0.6 is 22.9 Å². The lowest BCUT2D eigenvalue weighted by Crippen LogP contribution is -2.29. The van der Waals surface area contributed by atoms with Crippen LogP contribution in [0, 0.1) is 5.41 Å². The predicted molar refractivity (Wildman–Crippen MR) is 122 cm³/mol. The molecule has 7 nitrogen and oxygen atoms in total. The van der Waals surface area contributed by atoms with E-state index in [1.54, 1.807) is 0 Å². The molecule has 0 spiro atoms. The fraction of sp³-hybridized carbons (Fsp3) is 0.600. The van der Waals surface area contributed by atoms with Crippen LogP contribution in [-0.2, 0) is 17.2 Å². The Balaban J connectivity index is 1.80. The summed E-state index contributed by atoms with van der Waals surface area (Å²) in [5.74, 6) is 0.914. The minimum Gasteiger partial charge on any atom is -0.365 e. The van der Waals surface area contributed by atoms with Crippen molar-refractivity contribution < 1.29 is 13.2 Å². The summed E-state index contributed by atoms with van der Waals surface area (Å²) in [5, 5.41) is 8.04. The van der Waals surface area contributed by atoms with Gasteiger partial charge in [0.15, 0.2) is 10.7 Å². The van der Waals surface area contributed by atoms with Gasteiger partial charge in [0, 0.05) is 22.3 Å². The van der Waals surface area contributed by atoms with Gasteiger partial charge in [-0.15, -0.1) is 11.3 Å². The van der Waals surface area contributed by atoms with E-state index in [9.17, 15) is 13.2 Å². The van der Waals surface area contributed by atoms with E-state index >= 15 is 0 Å². The first-order valence-corrected chi connectivity index (χ1v) is 12.7. The van der Waals surface area contributed by atoms with Crippen molar-refractivity contribution in [1.29, 1.82) is 0 Å². The second kappa shape index (κ2) is 9.80. The maximum Gasteiger partial charge on any atom is 0.254 e. The Morgan fingerprint density at radius 1 is 1.30 bits per heavy atom. The van der Waals surface area contributed by atoms with Crippen LogP contribution in [0.15, 0.2) is 18.2 Å². The van der Waals surface area contributed by atoms with Crippen molar-refractivity contribution >= 4 is 45.4 Å². The number of likely N-dealkylation sites (tertiary alicyclic amines) is 1. The normalized spacial score (nSPS) is 18.5. The zero-order valence-corrected chi connectivity index (χ0v) is 20.0. The molecule has 1 saturated heterocycles. The van der Waals surface area contributed by atoms with Crippen molar-refractivity contribution in [2.24, 2.45) is 5.41 Å². The molecule has 1 aliphatic heterocycles. The van der Waals surface area contributed by atoms with E-state index in [1.807, 2.05) is 43.9 Å². The van der Waals surface area contributed by atoms with E-state index in [0.717, 1.165) is 40.7 Å². The summed E-state index contributed by atoms with van der Waals surface area (Å²) in [4.78, 5) is 16.1. The van der Waals surface area contributed by atoms with Gasteiger partial charge in [0.05, 0.1) is 22.5 Å². The minimum absolute atomic E-state index is 0.0703. The third kappa shape index (κ3) is 6.06. The summed E-state index contributed by atoms with van der Waals surface area (Å²) in [6, 6.07) is 5.79. The summed E-state index contributed by atoms with van der Waals surface area (Å²) in [6.45, 7) is 7.69. The van der Waals surface area contributed by atoms with Crippen molar-refractivity contribution in [3.63, 3.8) is 0 Å². The van der Waals surface area contributed by atoms with Crippen molar-refractivity contribution in [3.8, 4) is 0 Å². The zero-order chi connectivity index (χ0) is 21.9. The molecule has 1 atom stereocenters. The molecule has 3 rings (SSSR count). The Bertz CT molecular complexity index is 954. The molecule has 1 aliphatic rings. The van der Waals surface area contributed by atoms with Gasteiger partial charge in [0.25, 0.3) is 5.91 Å². The number of anilines is 1. The molecule has 166 valence electrons. The monoisotopic (exact) mass is 472 g/mol. The first-order valence-electron chi connectivity index (χ1n) is 10.1. The SMILES string of the molecule is CC(C)(C)C(=O)n1nc(C2CCCN(C[SH](=O)=O)CC2)cc1NCc1ccc(Cl)s1. The number of carbonyl (C=O) groups is 1. The summed E-state index contributed by atoms with van der Waals surface area (Å²) in [5.41, 5.74) is 0.318. The smallest absolute Gasteiger partial charge is 0.254 e. The second-order valence-electron chi connectivity index (χ2n) is 8.70. The average Bonchev–Trinajstić information content (AvgIpc) is 3.19. The molecule has 0 aromatic carbocycles. The highest BCUT2D eigenvalue weighted by Gasteiger charge is 2.29. The molecule has 0 amide bonds. The van der Waals surface area contributed by atoms with E-state index in [-0.39, 0.29) is 17.7 Å². The van der Waals surface area contributed by atoms with Gasteiger partial charge in [-0.25, -0.2) is 8.42 Å². The van der Waals surface area contributed by atoms with Crippen LogP contribution in [0.1, 0.15) is 61.3 Å². The summed E-state index contributed by atoms with van der Waals surface area (Å²) < 4.78 is 24.3. The van der Waals surface area contributed by atoms with Crippen LogP contribution in [-0.4, -0.2) is 48.0 Å². The number of nitrogens with one attached hydrogen (secondary N) is 1. The number of nitrogens with zero attached hydrogens (tertiary/aromatic N) is 3. The van der Waals surface area contributed by atoms with Gasteiger partial charge in [0.2, 0.25) is 0 Å². The molecular formula is C20H29ClN4O3S2. The van der Waals surface area contributed by atoms with Crippen LogP contribution in [0.5, 0.6) is 0 Å². The number of thiophene rings is 1. The van der Waals surface area contributed by atoms with Gasteiger partial charge in [-0.05, 0) is 44.5 Å². The van der Waals surface area contributed by atoms with E-state index in [4.69, 9.17) is 11.6 Å². The molecule has 10 heteroatoms. The molecule has 1 unspecified atom stereocenters. The first kappa shape index (κ1) is 23.2. The van der Waals surface area contributed by atoms with E-state index < -0.39 is 16.1 Å². The van der Waals surface area contributed by atoms with Gasteiger partial charge < -0.3 is 5.32 Å². The maximum atomic E-state index is 13.0. The highest BCUT2D eigenvalue weighted by atomic mass is 35.5. The largest absolute Gasteiger partial charge is 0.365 e. The Morgan fingerprint density at radius 2 is 2.07 bits per heavy atom. The van der Waals surface area contributed by atoms with Crippen molar-refractivity contribution in [3.05, 3.63) is 33.1 Å². The van der Waals surface area contributed by atoms with Crippen LogP contribution < -0.4 is 5.32 Å². The topological polar surface area (TPSA) is 84.3 Å². The van der Waals surface area contributed by atoms with Crippen LogP contribution in [0.2, 0.25) is 4.34 Å². The van der Waals surface area contributed by atoms with Gasteiger partial charge >= 0.3 is 0 Å². The lowest BCUT2D eigenvalue weighted by atomic mass is 9.96. The Hall–Kier alpha value is -1.42. The number of carbonyl (C=O) groups excluding carboxylic acids is 1. The molecule has 1 N–H and O–H groups in total. The van der Waals surface area contributed by atoms with Gasteiger partial charge in [-0.1, -0.05) is 32.4 Å². The zero-order valence-electron chi connectivity index (χ0n) is 17.6. The highest BCUT2D eigenvalue weighted by Crippen LogP contribution is 2.31. The second-order valence-corrected chi connectivity index (χ2v) is 11.4. The van der Waals surface area contributed by atoms with Crippen LogP contribution in [0.3, 0.4) is 0 Å². The average molecular weight is 473 g/mol. The number of hydrogen-bond acceptors (Lipinski definition) is 7. The molecule has 0 saturated carbocycles. The van der Waals surface area contributed by atoms with Gasteiger partial charge in [0.1, 0.15) is 5.82 Å². The Morgan fingerprint density at radius 3 is 2.70 bits per heavy atom. The van der Waals surface area contributed by atoms with Crippen molar-refractivity contribution in [2.75, 3.05) is 24.3 Å². The van der Waals surface area contributed by atoms with E-state index in [0.29, 0.717) is 18.9 Å². The fourth-order valence-electron chi connectivity index (χ4n) is 3.58. The maximum absolute atomic E-state index is 13.0. The predicted octanol–water partition coefficient (Wildman–Crippen LogP) is 4.03. The number of rotatable bonds is 6. The molecule has 0 aliphatic carbocycles. The van der Waals surface area contributed by atoms with Crippen molar-refractivity contribution in [1.82, 2.24) is 14.7 Å². The third-order valence-corrected chi connectivity index (χ3v) is 7.05. The Kier molecular flexibility index (Phi) is 7.60. The number of hydrogen-bond donors (Lipinski definition) is 2. The molecule has 2 aromatic heterocycles. The molecule has 30 heavy (non-hydrogen) atoms. The van der Waals surface area contributed by atoms with Crippen LogP contribution in [0.25, 0.3) is 0 Å².